The lowest BCUT2D eigenvalue weighted by molar-refractivity contribution is 0.103. The molecule has 0 radical (unpaired) electrons. The van der Waals surface area contributed by atoms with E-state index < -0.39 is 0 Å². The van der Waals surface area contributed by atoms with Crippen LogP contribution in [0.3, 0.4) is 0 Å². The number of carbonyl (C=O) groups is 1. The summed E-state index contributed by atoms with van der Waals surface area (Å²) in [5, 5.41) is 1.55. The van der Waals surface area contributed by atoms with Crippen molar-refractivity contribution in [2.45, 2.75) is 0 Å². The average molecular weight is 282 g/mol. The number of ketones is 1. The Balaban J connectivity index is 2.21. The molecule has 2 aromatic carbocycles. The van der Waals surface area contributed by atoms with Gasteiger partial charge in [0.2, 0.25) is 5.78 Å². The standard InChI is InChI=1S/C17H12ClNO/c1-2-13-14-10-12(18)8-9-15(14)19-16(13)17(20)11-6-4-3-5-7-11/h2-10,19H,1H2. The van der Waals surface area contributed by atoms with Crippen LogP contribution >= 0.6 is 11.6 Å². The van der Waals surface area contributed by atoms with Gasteiger partial charge in [0.05, 0.1) is 5.69 Å². The van der Waals surface area contributed by atoms with Crippen LogP contribution in [0.4, 0.5) is 0 Å². The minimum Gasteiger partial charge on any atom is -0.351 e. The number of hydrogen-bond acceptors (Lipinski definition) is 1. The SMILES string of the molecule is C=Cc1c(C(=O)c2ccccc2)[nH]c2ccc(Cl)cc12. The Labute approximate surface area is 121 Å². The fourth-order valence-corrected chi connectivity index (χ4v) is 2.48. The van der Waals surface area contributed by atoms with Crippen molar-refractivity contribution in [2.24, 2.45) is 0 Å². The number of fused-ring (bicyclic) bond motifs is 1. The van der Waals surface area contributed by atoms with Gasteiger partial charge in [0.15, 0.2) is 0 Å². The number of hydrogen-bond donors (Lipinski definition) is 1. The van der Waals surface area contributed by atoms with Crippen LogP contribution in [0.2, 0.25) is 5.02 Å². The Hall–Kier alpha value is -2.32. The third-order valence-electron chi connectivity index (χ3n) is 3.27. The molecule has 0 bridgehead atoms. The molecule has 1 N–H and O–H groups in total. The van der Waals surface area contributed by atoms with Gasteiger partial charge < -0.3 is 4.98 Å². The summed E-state index contributed by atoms with van der Waals surface area (Å²) in [5.74, 6) is -0.0483. The predicted octanol–water partition coefficient (Wildman–Crippen LogP) is 4.70. The van der Waals surface area contributed by atoms with Gasteiger partial charge in [-0.25, -0.2) is 0 Å². The van der Waals surface area contributed by atoms with Crippen LogP contribution in [-0.2, 0) is 0 Å². The van der Waals surface area contributed by atoms with Crippen LogP contribution in [-0.4, -0.2) is 10.8 Å². The van der Waals surface area contributed by atoms with Crippen molar-refractivity contribution >= 4 is 34.4 Å². The molecule has 0 fully saturated rings. The van der Waals surface area contributed by atoms with E-state index in [1.165, 1.54) is 0 Å². The van der Waals surface area contributed by atoms with Crippen molar-refractivity contribution in [3.8, 4) is 0 Å². The highest BCUT2D eigenvalue weighted by atomic mass is 35.5. The molecule has 3 aromatic rings. The van der Waals surface area contributed by atoms with Crippen molar-refractivity contribution in [3.63, 3.8) is 0 Å². The largest absolute Gasteiger partial charge is 0.351 e. The van der Waals surface area contributed by atoms with Gasteiger partial charge in [-0.05, 0) is 18.2 Å². The van der Waals surface area contributed by atoms with E-state index in [2.05, 4.69) is 11.6 Å². The monoisotopic (exact) mass is 281 g/mol. The number of nitrogens with one attached hydrogen (secondary N) is 1. The Bertz CT molecular complexity index is 802. The van der Waals surface area contributed by atoms with Crippen molar-refractivity contribution in [1.29, 1.82) is 0 Å². The second-order valence-corrected chi connectivity index (χ2v) is 4.94. The summed E-state index contributed by atoms with van der Waals surface area (Å²) < 4.78 is 0. The molecule has 3 rings (SSSR count). The zero-order valence-electron chi connectivity index (χ0n) is 10.7. The van der Waals surface area contributed by atoms with E-state index in [1.54, 1.807) is 24.3 Å². The number of aromatic nitrogens is 1. The number of H-pyrrole nitrogens is 1. The summed E-state index contributed by atoms with van der Waals surface area (Å²) in [6.07, 6.45) is 1.69. The summed E-state index contributed by atoms with van der Waals surface area (Å²) in [4.78, 5) is 15.7. The minimum absolute atomic E-state index is 0.0483. The van der Waals surface area contributed by atoms with Crippen LogP contribution in [0.1, 0.15) is 21.6 Å². The summed E-state index contributed by atoms with van der Waals surface area (Å²) in [7, 11) is 0. The fraction of sp³-hybridized carbons (Fsp3) is 0. The van der Waals surface area contributed by atoms with E-state index in [0.29, 0.717) is 16.3 Å². The topological polar surface area (TPSA) is 32.9 Å². The van der Waals surface area contributed by atoms with Gasteiger partial charge in [0.25, 0.3) is 0 Å². The lowest BCUT2D eigenvalue weighted by Crippen LogP contribution is -2.03. The maximum atomic E-state index is 12.6. The summed E-state index contributed by atoms with van der Waals surface area (Å²) in [6.45, 7) is 3.80. The molecule has 0 saturated heterocycles. The van der Waals surface area contributed by atoms with Gasteiger partial charge in [0.1, 0.15) is 0 Å². The molecule has 2 nitrogen and oxygen atoms in total. The van der Waals surface area contributed by atoms with Crippen LogP contribution in [0.5, 0.6) is 0 Å². The first-order chi connectivity index (χ1) is 9.70. The van der Waals surface area contributed by atoms with Gasteiger partial charge in [-0.3, -0.25) is 4.79 Å². The van der Waals surface area contributed by atoms with Crippen molar-refractivity contribution in [1.82, 2.24) is 4.98 Å². The third kappa shape index (κ3) is 2.04. The average Bonchev–Trinajstić information content (AvgIpc) is 2.85. The number of carbonyl (C=O) groups excluding carboxylic acids is 1. The van der Waals surface area contributed by atoms with Crippen LogP contribution in [0.15, 0.2) is 55.1 Å². The first-order valence-electron chi connectivity index (χ1n) is 6.24. The zero-order chi connectivity index (χ0) is 14.1. The molecule has 1 heterocycles. The molecule has 0 atom stereocenters. The first kappa shape index (κ1) is 12.7. The van der Waals surface area contributed by atoms with E-state index in [0.717, 1.165) is 16.5 Å². The van der Waals surface area contributed by atoms with Crippen molar-refractivity contribution < 1.29 is 4.79 Å². The highest BCUT2D eigenvalue weighted by Gasteiger charge is 2.17. The molecule has 1 aromatic heterocycles. The van der Waals surface area contributed by atoms with E-state index in [9.17, 15) is 4.79 Å². The normalized spacial score (nSPS) is 10.7. The van der Waals surface area contributed by atoms with E-state index >= 15 is 0 Å². The lowest BCUT2D eigenvalue weighted by atomic mass is 10.0. The summed E-state index contributed by atoms with van der Waals surface area (Å²) >= 11 is 6.02. The quantitative estimate of drug-likeness (QED) is 0.694. The van der Waals surface area contributed by atoms with E-state index in [1.807, 2.05) is 30.3 Å². The Morgan fingerprint density at radius 3 is 2.60 bits per heavy atom. The molecule has 98 valence electrons. The van der Waals surface area contributed by atoms with E-state index in [-0.39, 0.29) is 5.78 Å². The van der Waals surface area contributed by atoms with Gasteiger partial charge >= 0.3 is 0 Å². The maximum absolute atomic E-state index is 12.6. The number of halogens is 1. The van der Waals surface area contributed by atoms with Crippen LogP contribution in [0.25, 0.3) is 17.0 Å². The molecular formula is C17H12ClNO. The number of rotatable bonds is 3. The minimum atomic E-state index is -0.0483. The molecule has 0 amide bonds. The van der Waals surface area contributed by atoms with Crippen LogP contribution in [0, 0.1) is 0 Å². The Morgan fingerprint density at radius 2 is 1.90 bits per heavy atom. The zero-order valence-corrected chi connectivity index (χ0v) is 11.4. The smallest absolute Gasteiger partial charge is 0.209 e. The summed E-state index contributed by atoms with van der Waals surface area (Å²) in [5.41, 5.74) is 2.86. The highest BCUT2D eigenvalue weighted by molar-refractivity contribution is 6.31. The molecule has 3 heteroatoms. The Kier molecular flexibility index (Phi) is 3.17. The lowest BCUT2D eigenvalue weighted by Gasteiger charge is -2.00. The molecule has 20 heavy (non-hydrogen) atoms. The third-order valence-corrected chi connectivity index (χ3v) is 3.50. The van der Waals surface area contributed by atoms with E-state index in [4.69, 9.17) is 11.6 Å². The Morgan fingerprint density at radius 1 is 1.15 bits per heavy atom. The second kappa shape index (κ2) is 4.99. The molecule has 0 spiro atoms. The maximum Gasteiger partial charge on any atom is 0.209 e. The predicted molar refractivity (Wildman–Crippen MR) is 83.3 cm³/mol. The van der Waals surface area contributed by atoms with Gasteiger partial charge in [-0.2, -0.15) is 0 Å². The summed E-state index contributed by atoms with van der Waals surface area (Å²) in [6, 6.07) is 14.7. The molecule has 0 aliphatic heterocycles. The molecule has 0 unspecified atom stereocenters. The number of benzene rings is 2. The molecule has 0 aliphatic rings. The molecule has 0 saturated carbocycles. The van der Waals surface area contributed by atoms with Crippen molar-refractivity contribution in [3.05, 3.63) is 77.0 Å². The fourth-order valence-electron chi connectivity index (χ4n) is 2.31. The molecule has 0 aliphatic carbocycles. The van der Waals surface area contributed by atoms with Crippen LogP contribution < -0.4 is 0 Å². The van der Waals surface area contributed by atoms with Gasteiger partial charge in [-0.15, -0.1) is 0 Å². The van der Waals surface area contributed by atoms with Crippen molar-refractivity contribution in [2.75, 3.05) is 0 Å². The number of aromatic amines is 1. The first-order valence-corrected chi connectivity index (χ1v) is 6.62. The van der Waals surface area contributed by atoms with Gasteiger partial charge in [0, 0.05) is 27.1 Å². The molecular weight excluding hydrogens is 270 g/mol. The van der Waals surface area contributed by atoms with Gasteiger partial charge in [-0.1, -0.05) is 54.6 Å². The highest BCUT2D eigenvalue weighted by Crippen LogP contribution is 2.27. The second-order valence-electron chi connectivity index (χ2n) is 4.50.